The highest BCUT2D eigenvalue weighted by molar-refractivity contribution is 6.30. The Morgan fingerprint density at radius 1 is 1.26 bits per heavy atom. The van der Waals surface area contributed by atoms with E-state index in [4.69, 9.17) is 16.9 Å². The number of rotatable bonds is 4. The standard InChI is InChI=1S/C16H11ClN2O4/c1-23-16(22)12-6-11(7-18)15(21)19(8-12)9-14(20)10-2-4-13(17)5-3-10/h2-6,8H,9H2,1H3. The van der Waals surface area contributed by atoms with Crippen LogP contribution in [0.25, 0.3) is 0 Å². The van der Waals surface area contributed by atoms with Crippen LogP contribution in [0.5, 0.6) is 0 Å². The highest BCUT2D eigenvalue weighted by Gasteiger charge is 2.15. The van der Waals surface area contributed by atoms with Crippen molar-refractivity contribution in [1.82, 2.24) is 4.57 Å². The molecule has 116 valence electrons. The van der Waals surface area contributed by atoms with E-state index in [1.54, 1.807) is 18.2 Å². The van der Waals surface area contributed by atoms with Crippen LogP contribution in [0.2, 0.25) is 5.02 Å². The van der Waals surface area contributed by atoms with Gasteiger partial charge >= 0.3 is 5.97 Å². The van der Waals surface area contributed by atoms with Crippen LogP contribution in [0.4, 0.5) is 0 Å². The highest BCUT2D eigenvalue weighted by atomic mass is 35.5. The van der Waals surface area contributed by atoms with Gasteiger partial charge in [0.05, 0.1) is 19.2 Å². The maximum absolute atomic E-state index is 12.2. The van der Waals surface area contributed by atoms with Crippen LogP contribution in [0.3, 0.4) is 0 Å². The largest absolute Gasteiger partial charge is 0.465 e. The van der Waals surface area contributed by atoms with Crippen molar-refractivity contribution in [2.45, 2.75) is 6.54 Å². The number of ketones is 1. The second-order valence-electron chi connectivity index (χ2n) is 4.61. The molecule has 0 aliphatic heterocycles. The minimum absolute atomic E-state index is 0.0209. The fourth-order valence-electron chi connectivity index (χ4n) is 1.94. The summed E-state index contributed by atoms with van der Waals surface area (Å²) in [6.45, 7) is -0.306. The minimum Gasteiger partial charge on any atom is -0.465 e. The number of ether oxygens (including phenoxy) is 1. The molecule has 0 N–H and O–H groups in total. The number of hydrogen-bond acceptors (Lipinski definition) is 5. The van der Waals surface area contributed by atoms with Crippen LogP contribution in [0, 0.1) is 11.3 Å². The Morgan fingerprint density at radius 2 is 1.91 bits per heavy atom. The monoisotopic (exact) mass is 330 g/mol. The average Bonchev–Trinajstić information content (AvgIpc) is 2.56. The quantitative estimate of drug-likeness (QED) is 0.632. The van der Waals surface area contributed by atoms with Gasteiger partial charge in [0.1, 0.15) is 11.6 Å². The SMILES string of the molecule is COC(=O)c1cc(C#N)c(=O)n(CC(=O)c2ccc(Cl)cc2)c1. The van der Waals surface area contributed by atoms with Crippen LogP contribution in [0.1, 0.15) is 26.3 Å². The molecular weight excluding hydrogens is 320 g/mol. The number of halogens is 1. The zero-order valence-electron chi connectivity index (χ0n) is 12.1. The molecule has 0 atom stereocenters. The van der Waals surface area contributed by atoms with Gasteiger partial charge in [-0.2, -0.15) is 5.26 Å². The maximum atomic E-state index is 12.2. The first kappa shape index (κ1) is 16.5. The first-order valence-corrected chi connectivity index (χ1v) is 6.85. The number of pyridine rings is 1. The summed E-state index contributed by atoms with van der Waals surface area (Å²) in [5.41, 5.74) is -0.505. The molecule has 2 aromatic rings. The summed E-state index contributed by atoms with van der Waals surface area (Å²) in [6, 6.07) is 9.02. The van der Waals surface area contributed by atoms with Crippen LogP contribution < -0.4 is 5.56 Å². The predicted octanol–water partition coefficient (Wildman–Crippen LogP) is 2.04. The molecule has 23 heavy (non-hydrogen) atoms. The molecule has 6 nitrogen and oxygen atoms in total. The number of methoxy groups -OCH3 is 1. The molecule has 0 aliphatic carbocycles. The van der Waals surface area contributed by atoms with E-state index in [1.165, 1.54) is 25.4 Å². The first-order chi connectivity index (χ1) is 11.0. The van der Waals surface area contributed by atoms with Gasteiger partial charge in [-0.25, -0.2) is 4.79 Å². The van der Waals surface area contributed by atoms with Gasteiger partial charge in [0.15, 0.2) is 5.78 Å². The van der Waals surface area contributed by atoms with Crippen molar-refractivity contribution in [1.29, 1.82) is 5.26 Å². The van der Waals surface area contributed by atoms with Crippen molar-refractivity contribution in [3.63, 3.8) is 0 Å². The molecule has 0 spiro atoms. The van der Waals surface area contributed by atoms with E-state index in [0.717, 1.165) is 10.6 Å². The van der Waals surface area contributed by atoms with Crippen molar-refractivity contribution in [3.8, 4) is 6.07 Å². The van der Waals surface area contributed by atoms with Gasteiger partial charge in [0.2, 0.25) is 0 Å². The van der Waals surface area contributed by atoms with Gasteiger partial charge in [-0.15, -0.1) is 0 Å². The first-order valence-electron chi connectivity index (χ1n) is 6.48. The van der Waals surface area contributed by atoms with Crippen LogP contribution in [-0.2, 0) is 11.3 Å². The molecule has 1 aromatic heterocycles. The van der Waals surface area contributed by atoms with Crippen LogP contribution >= 0.6 is 11.6 Å². The van der Waals surface area contributed by atoms with E-state index >= 15 is 0 Å². The molecular formula is C16H11ClN2O4. The van der Waals surface area contributed by atoms with Crippen molar-refractivity contribution in [3.05, 3.63) is 68.6 Å². The number of nitrogens with zero attached hydrogens (tertiary/aromatic N) is 2. The maximum Gasteiger partial charge on any atom is 0.339 e. The molecule has 0 saturated heterocycles. The smallest absolute Gasteiger partial charge is 0.339 e. The molecule has 2 rings (SSSR count). The summed E-state index contributed by atoms with van der Waals surface area (Å²) < 4.78 is 5.59. The normalized spacial score (nSPS) is 9.96. The van der Waals surface area contributed by atoms with E-state index in [9.17, 15) is 14.4 Å². The number of carbonyl (C=O) groups is 2. The molecule has 0 aliphatic rings. The van der Waals surface area contributed by atoms with E-state index in [1.807, 2.05) is 0 Å². The Hall–Kier alpha value is -2.91. The average molecular weight is 331 g/mol. The molecule has 0 fully saturated rings. The number of benzene rings is 1. The van der Waals surface area contributed by atoms with E-state index in [-0.39, 0.29) is 23.5 Å². The zero-order valence-corrected chi connectivity index (χ0v) is 12.8. The lowest BCUT2D eigenvalue weighted by atomic mass is 10.1. The molecule has 0 saturated carbocycles. The molecule has 0 amide bonds. The van der Waals surface area contributed by atoms with Crippen LogP contribution in [-0.4, -0.2) is 23.4 Å². The third kappa shape index (κ3) is 3.65. The Balaban J connectivity index is 2.40. The van der Waals surface area contributed by atoms with Crippen molar-refractivity contribution >= 4 is 23.4 Å². The van der Waals surface area contributed by atoms with Gasteiger partial charge in [-0.1, -0.05) is 11.6 Å². The number of carbonyl (C=O) groups excluding carboxylic acids is 2. The molecule has 7 heteroatoms. The van der Waals surface area contributed by atoms with E-state index < -0.39 is 11.5 Å². The summed E-state index contributed by atoms with van der Waals surface area (Å²) in [5, 5.41) is 9.47. The van der Waals surface area contributed by atoms with E-state index in [0.29, 0.717) is 10.6 Å². The molecule has 0 bridgehead atoms. The summed E-state index contributed by atoms with van der Waals surface area (Å²) in [6.07, 6.45) is 1.20. The summed E-state index contributed by atoms with van der Waals surface area (Å²) >= 11 is 5.76. The summed E-state index contributed by atoms with van der Waals surface area (Å²) in [4.78, 5) is 35.9. The lowest BCUT2D eigenvalue weighted by molar-refractivity contribution is 0.0599. The second kappa shape index (κ2) is 6.90. The Labute approximate surface area is 136 Å². The number of esters is 1. The number of aromatic nitrogens is 1. The fraction of sp³-hybridized carbons (Fsp3) is 0.125. The molecule has 1 heterocycles. The molecule has 0 radical (unpaired) electrons. The Morgan fingerprint density at radius 3 is 2.48 bits per heavy atom. The third-order valence-electron chi connectivity index (χ3n) is 3.11. The second-order valence-corrected chi connectivity index (χ2v) is 5.05. The molecule has 1 aromatic carbocycles. The number of Topliss-reactive ketones (excluding diaryl/α,β-unsaturated/α-hetero) is 1. The minimum atomic E-state index is -0.700. The van der Waals surface area contributed by atoms with Gasteiger partial charge in [0, 0.05) is 16.8 Å². The van der Waals surface area contributed by atoms with Gasteiger partial charge in [-0.05, 0) is 30.3 Å². The predicted molar refractivity (Wildman–Crippen MR) is 82.5 cm³/mol. The lowest BCUT2D eigenvalue weighted by Gasteiger charge is -2.08. The topological polar surface area (TPSA) is 89.2 Å². The van der Waals surface area contributed by atoms with Crippen molar-refractivity contribution < 1.29 is 14.3 Å². The van der Waals surface area contributed by atoms with Crippen molar-refractivity contribution in [2.24, 2.45) is 0 Å². The van der Waals surface area contributed by atoms with Crippen LogP contribution in [0.15, 0.2) is 41.3 Å². The highest BCUT2D eigenvalue weighted by Crippen LogP contribution is 2.11. The van der Waals surface area contributed by atoms with Gasteiger partial charge < -0.3 is 9.30 Å². The Kier molecular flexibility index (Phi) is 4.94. The van der Waals surface area contributed by atoms with Gasteiger partial charge in [-0.3, -0.25) is 9.59 Å². The van der Waals surface area contributed by atoms with E-state index in [2.05, 4.69) is 4.74 Å². The summed E-state index contributed by atoms with van der Waals surface area (Å²) in [5.74, 6) is -1.05. The van der Waals surface area contributed by atoms with Gasteiger partial charge in [0.25, 0.3) is 5.56 Å². The van der Waals surface area contributed by atoms with Crippen molar-refractivity contribution in [2.75, 3.05) is 7.11 Å². The summed E-state index contributed by atoms with van der Waals surface area (Å²) in [7, 11) is 1.18. The lowest BCUT2D eigenvalue weighted by Crippen LogP contribution is -2.27. The zero-order chi connectivity index (χ0) is 17.0. The molecule has 0 unspecified atom stereocenters. The third-order valence-corrected chi connectivity index (χ3v) is 3.36. The Bertz CT molecular complexity index is 863. The number of nitriles is 1. The fourth-order valence-corrected chi connectivity index (χ4v) is 2.07. The number of hydrogen-bond donors (Lipinski definition) is 0.